The van der Waals surface area contributed by atoms with E-state index in [1.807, 2.05) is 19.1 Å². The average Bonchev–Trinajstić information content (AvgIpc) is 3.30. The van der Waals surface area contributed by atoms with Gasteiger partial charge < -0.3 is 14.6 Å². The van der Waals surface area contributed by atoms with E-state index in [1.54, 1.807) is 19.2 Å². The molecule has 1 aromatic heterocycles. The first-order valence-corrected chi connectivity index (χ1v) is 10.3. The van der Waals surface area contributed by atoms with Crippen LogP contribution in [0.25, 0.3) is 0 Å². The van der Waals surface area contributed by atoms with Gasteiger partial charge in [-0.1, -0.05) is 17.7 Å². The lowest BCUT2D eigenvalue weighted by molar-refractivity contribution is -0.119. The van der Waals surface area contributed by atoms with Gasteiger partial charge in [0, 0.05) is 25.5 Å². The van der Waals surface area contributed by atoms with Crippen molar-refractivity contribution >= 4 is 27.6 Å². The molecule has 0 saturated carbocycles. The van der Waals surface area contributed by atoms with Crippen LogP contribution in [0, 0.1) is 6.92 Å². The van der Waals surface area contributed by atoms with Crippen LogP contribution in [0.4, 0.5) is 5.69 Å². The summed E-state index contributed by atoms with van der Waals surface area (Å²) in [5, 5.41) is 2.78. The number of aromatic nitrogens is 1. The Morgan fingerprint density at radius 2 is 1.89 bits per heavy atom. The van der Waals surface area contributed by atoms with Crippen molar-refractivity contribution in [3.8, 4) is 0 Å². The van der Waals surface area contributed by atoms with Gasteiger partial charge in [-0.05, 0) is 38.0 Å². The van der Waals surface area contributed by atoms with Crippen LogP contribution >= 0.6 is 0 Å². The topological polar surface area (TPSA) is 97.7 Å². The van der Waals surface area contributed by atoms with Crippen LogP contribution in [0.15, 0.2) is 41.4 Å². The Morgan fingerprint density at radius 3 is 2.54 bits per heavy atom. The molecular weight excluding hydrogens is 382 g/mol. The fourth-order valence-electron chi connectivity index (χ4n) is 3.27. The number of hydrogen-bond acceptors (Lipinski definition) is 5. The van der Waals surface area contributed by atoms with Gasteiger partial charge in [0.2, 0.25) is 15.9 Å². The van der Waals surface area contributed by atoms with Gasteiger partial charge in [0.25, 0.3) is 0 Å². The first-order chi connectivity index (χ1) is 13.2. The fourth-order valence-corrected chi connectivity index (χ4v) is 5.00. The maximum Gasteiger partial charge on any atom is 0.354 e. The summed E-state index contributed by atoms with van der Waals surface area (Å²) in [6.07, 6.45) is 2.38. The van der Waals surface area contributed by atoms with Crippen LogP contribution in [0.5, 0.6) is 0 Å². The molecule has 1 N–H and O–H groups in total. The van der Waals surface area contributed by atoms with Gasteiger partial charge in [-0.15, -0.1) is 0 Å². The molecule has 1 fully saturated rings. The summed E-state index contributed by atoms with van der Waals surface area (Å²) in [5.74, 6) is -0.993. The number of nitrogens with one attached hydrogen (secondary N) is 1. The van der Waals surface area contributed by atoms with Crippen LogP contribution in [-0.4, -0.2) is 48.9 Å². The Bertz CT molecular complexity index is 995. The maximum atomic E-state index is 13.1. The van der Waals surface area contributed by atoms with E-state index in [0.717, 1.165) is 5.56 Å². The molecule has 1 saturated heterocycles. The Kier molecular flexibility index (Phi) is 5.57. The van der Waals surface area contributed by atoms with Crippen LogP contribution in [0.2, 0.25) is 0 Å². The molecule has 0 bridgehead atoms. The van der Waals surface area contributed by atoms with Crippen LogP contribution in [-0.2, 0) is 26.6 Å². The molecule has 1 aliphatic heterocycles. The van der Waals surface area contributed by atoms with Gasteiger partial charge in [-0.2, -0.15) is 4.31 Å². The van der Waals surface area contributed by atoms with Crippen LogP contribution in [0.1, 0.15) is 28.9 Å². The zero-order chi connectivity index (χ0) is 20.5. The van der Waals surface area contributed by atoms with E-state index in [1.165, 1.54) is 28.2 Å². The molecule has 1 unspecified atom stereocenters. The highest BCUT2D eigenvalue weighted by molar-refractivity contribution is 7.89. The highest BCUT2D eigenvalue weighted by atomic mass is 32.2. The zero-order valence-electron chi connectivity index (χ0n) is 16.0. The first kappa shape index (κ1) is 20.1. The number of aryl methyl sites for hydroxylation is 2. The summed E-state index contributed by atoms with van der Waals surface area (Å²) in [6, 6.07) is 7.78. The second-order valence-corrected chi connectivity index (χ2v) is 8.68. The normalized spacial score (nSPS) is 17.5. The molecule has 1 atom stereocenters. The number of methoxy groups -OCH3 is 1. The summed E-state index contributed by atoms with van der Waals surface area (Å²) in [7, 11) is -1.13. The number of anilines is 1. The summed E-state index contributed by atoms with van der Waals surface area (Å²) in [6.45, 7) is 2.19. The second kappa shape index (κ2) is 7.76. The monoisotopic (exact) mass is 405 g/mol. The second-order valence-electron chi connectivity index (χ2n) is 6.79. The molecule has 0 radical (unpaired) electrons. The van der Waals surface area contributed by atoms with Crippen molar-refractivity contribution in [2.24, 2.45) is 7.05 Å². The summed E-state index contributed by atoms with van der Waals surface area (Å²) in [5.41, 5.74) is 1.81. The van der Waals surface area contributed by atoms with Crippen molar-refractivity contribution in [3.63, 3.8) is 0 Å². The SMILES string of the molecule is COC(=O)c1cc(S(=O)(=O)N2CCCC2C(=O)Nc2ccc(C)cc2)cn1C. The fraction of sp³-hybridized carbons (Fsp3) is 0.368. The van der Waals surface area contributed by atoms with E-state index in [2.05, 4.69) is 10.1 Å². The lowest BCUT2D eigenvalue weighted by Gasteiger charge is -2.23. The van der Waals surface area contributed by atoms with Crippen LogP contribution < -0.4 is 5.32 Å². The number of carbonyl (C=O) groups is 2. The number of sulfonamides is 1. The van der Waals surface area contributed by atoms with Crippen molar-refractivity contribution in [2.75, 3.05) is 19.0 Å². The highest BCUT2D eigenvalue weighted by Gasteiger charge is 2.40. The maximum absolute atomic E-state index is 13.1. The smallest absolute Gasteiger partial charge is 0.354 e. The van der Waals surface area contributed by atoms with E-state index >= 15 is 0 Å². The molecule has 150 valence electrons. The molecule has 2 heterocycles. The quantitative estimate of drug-likeness (QED) is 0.767. The minimum Gasteiger partial charge on any atom is -0.464 e. The van der Waals surface area contributed by atoms with E-state index in [-0.39, 0.29) is 23.0 Å². The predicted octanol–water partition coefficient (Wildman–Crippen LogP) is 1.91. The van der Waals surface area contributed by atoms with E-state index in [0.29, 0.717) is 18.5 Å². The van der Waals surface area contributed by atoms with Crippen molar-refractivity contribution in [3.05, 3.63) is 47.8 Å². The van der Waals surface area contributed by atoms with Crippen molar-refractivity contribution in [1.82, 2.24) is 8.87 Å². The van der Waals surface area contributed by atoms with Crippen molar-refractivity contribution in [2.45, 2.75) is 30.7 Å². The van der Waals surface area contributed by atoms with E-state index in [4.69, 9.17) is 0 Å². The first-order valence-electron chi connectivity index (χ1n) is 8.88. The number of carbonyl (C=O) groups excluding carboxylic acids is 2. The lowest BCUT2D eigenvalue weighted by Crippen LogP contribution is -2.43. The number of nitrogens with zero attached hydrogens (tertiary/aromatic N) is 2. The Labute approximate surface area is 164 Å². The van der Waals surface area contributed by atoms with E-state index < -0.39 is 22.0 Å². The molecule has 28 heavy (non-hydrogen) atoms. The van der Waals surface area contributed by atoms with Gasteiger partial charge in [0.15, 0.2) is 0 Å². The molecule has 1 aliphatic rings. The summed E-state index contributed by atoms with van der Waals surface area (Å²) >= 11 is 0. The standard InChI is InChI=1S/C19H23N3O5S/c1-13-6-8-14(9-7-13)20-18(23)16-5-4-10-22(16)28(25,26)15-11-17(19(24)27-3)21(2)12-15/h6-9,11-12,16H,4-5,10H2,1-3H3,(H,20,23). The third-order valence-electron chi connectivity index (χ3n) is 4.81. The minimum absolute atomic E-state index is 0.0366. The average molecular weight is 405 g/mol. The largest absolute Gasteiger partial charge is 0.464 e. The Hall–Kier alpha value is -2.65. The predicted molar refractivity (Wildman–Crippen MR) is 103 cm³/mol. The molecular formula is C19H23N3O5S. The molecule has 8 nitrogen and oxygen atoms in total. The van der Waals surface area contributed by atoms with Crippen molar-refractivity contribution in [1.29, 1.82) is 0 Å². The van der Waals surface area contributed by atoms with Gasteiger partial charge >= 0.3 is 5.97 Å². The molecule has 2 aromatic rings. The molecule has 1 aromatic carbocycles. The number of esters is 1. The third kappa shape index (κ3) is 3.81. The molecule has 0 aliphatic carbocycles. The molecule has 9 heteroatoms. The number of hydrogen-bond donors (Lipinski definition) is 1. The van der Waals surface area contributed by atoms with Crippen molar-refractivity contribution < 1.29 is 22.7 Å². The van der Waals surface area contributed by atoms with Gasteiger partial charge in [0.1, 0.15) is 16.6 Å². The van der Waals surface area contributed by atoms with Crippen LogP contribution in [0.3, 0.4) is 0 Å². The third-order valence-corrected chi connectivity index (χ3v) is 6.68. The zero-order valence-corrected chi connectivity index (χ0v) is 16.8. The Balaban J connectivity index is 1.84. The molecule has 1 amide bonds. The Morgan fingerprint density at radius 1 is 1.21 bits per heavy atom. The molecule has 3 rings (SSSR count). The highest BCUT2D eigenvalue weighted by Crippen LogP contribution is 2.28. The van der Waals surface area contributed by atoms with E-state index in [9.17, 15) is 18.0 Å². The number of amides is 1. The number of ether oxygens (including phenoxy) is 1. The minimum atomic E-state index is -3.93. The lowest BCUT2D eigenvalue weighted by atomic mass is 10.2. The van der Waals surface area contributed by atoms with Gasteiger partial charge in [0.05, 0.1) is 7.11 Å². The summed E-state index contributed by atoms with van der Waals surface area (Å²) < 4.78 is 33.5. The number of benzene rings is 1. The van der Waals surface area contributed by atoms with Gasteiger partial charge in [-0.25, -0.2) is 13.2 Å². The molecule has 0 spiro atoms. The summed E-state index contributed by atoms with van der Waals surface area (Å²) in [4.78, 5) is 24.5. The van der Waals surface area contributed by atoms with Gasteiger partial charge in [-0.3, -0.25) is 4.79 Å². The number of rotatable bonds is 5.